The number of anilines is 1. The van der Waals surface area contributed by atoms with Gasteiger partial charge in [0.1, 0.15) is 16.5 Å². The summed E-state index contributed by atoms with van der Waals surface area (Å²) in [6.45, 7) is 4.75. The van der Waals surface area contributed by atoms with Crippen molar-refractivity contribution in [2.75, 3.05) is 18.0 Å². The third-order valence-corrected chi connectivity index (χ3v) is 4.60. The quantitative estimate of drug-likeness (QED) is 0.633. The van der Waals surface area contributed by atoms with E-state index in [1.165, 1.54) is 12.4 Å². The zero-order chi connectivity index (χ0) is 19.1. The van der Waals surface area contributed by atoms with Crippen molar-refractivity contribution in [2.24, 2.45) is 0 Å². The molecule has 2 aromatic heterocycles. The standard InChI is InChI=1S/C18H16ClFN4O3/c1-9-6-24(7-10(2)26-9)17-11(8-25)3-12-16(23-27-18(12)15(17)20)13-4-21-5-14(19)22-13/h3-5,8-10H,6-7H2,1-2H3. The molecule has 1 aliphatic rings. The summed E-state index contributed by atoms with van der Waals surface area (Å²) in [6, 6.07) is 1.56. The van der Waals surface area contributed by atoms with Crippen molar-refractivity contribution < 1.29 is 18.4 Å². The Morgan fingerprint density at radius 2 is 2.04 bits per heavy atom. The van der Waals surface area contributed by atoms with Gasteiger partial charge in [-0.2, -0.15) is 0 Å². The second-order valence-corrected chi connectivity index (χ2v) is 6.93. The van der Waals surface area contributed by atoms with E-state index < -0.39 is 5.82 Å². The molecule has 0 radical (unpaired) electrons. The number of hydrogen-bond donors (Lipinski definition) is 0. The van der Waals surface area contributed by atoms with Crippen LogP contribution in [0.5, 0.6) is 0 Å². The Morgan fingerprint density at radius 3 is 2.70 bits per heavy atom. The van der Waals surface area contributed by atoms with Gasteiger partial charge >= 0.3 is 0 Å². The van der Waals surface area contributed by atoms with Crippen molar-refractivity contribution in [3.8, 4) is 11.4 Å². The maximum absolute atomic E-state index is 15.3. The Bertz CT molecular complexity index is 1020. The first-order chi connectivity index (χ1) is 13.0. The molecule has 4 rings (SSSR count). The molecule has 0 spiro atoms. The van der Waals surface area contributed by atoms with Crippen molar-refractivity contribution in [1.29, 1.82) is 0 Å². The third-order valence-electron chi connectivity index (χ3n) is 4.42. The molecular formula is C18H16ClFN4O3. The van der Waals surface area contributed by atoms with E-state index in [9.17, 15) is 4.79 Å². The predicted octanol–water partition coefficient (Wildman–Crippen LogP) is 3.50. The lowest BCUT2D eigenvalue weighted by atomic mass is 10.0. The van der Waals surface area contributed by atoms with E-state index in [2.05, 4.69) is 15.1 Å². The van der Waals surface area contributed by atoms with Gasteiger partial charge in [0.05, 0.1) is 35.7 Å². The number of carbonyl (C=O) groups is 1. The fourth-order valence-corrected chi connectivity index (χ4v) is 3.61. The molecule has 1 aromatic carbocycles. The number of ether oxygens (including phenoxy) is 1. The molecule has 3 aromatic rings. The molecule has 0 aliphatic carbocycles. The maximum atomic E-state index is 15.3. The van der Waals surface area contributed by atoms with Crippen molar-refractivity contribution >= 4 is 34.5 Å². The van der Waals surface area contributed by atoms with Gasteiger partial charge in [-0.05, 0) is 19.9 Å². The molecule has 0 N–H and O–H groups in total. The molecule has 140 valence electrons. The Kier molecular flexibility index (Phi) is 4.53. The zero-order valence-corrected chi connectivity index (χ0v) is 15.4. The van der Waals surface area contributed by atoms with Crippen LogP contribution in [0.4, 0.5) is 10.1 Å². The summed E-state index contributed by atoms with van der Waals surface area (Å²) < 4.78 is 26.3. The van der Waals surface area contributed by atoms with Crippen LogP contribution < -0.4 is 4.90 Å². The molecule has 1 aliphatic heterocycles. The molecule has 1 fully saturated rings. The van der Waals surface area contributed by atoms with E-state index in [0.717, 1.165) is 0 Å². The van der Waals surface area contributed by atoms with E-state index in [-0.39, 0.29) is 39.9 Å². The summed E-state index contributed by atoms with van der Waals surface area (Å²) in [5, 5.41) is 4.43. The van der Waals surface area contributed by atoms with Crippen molar-refractivity contribution in [1.82, 2.24) is 15.1 Å². The number of nitrogens with zero attached hydrogens (tertiary/aromatic N) is 4. The number of halogens is 2. The first kappa shape index (κ1) is 17.8. The number of benzene rings is 1. The zero-order valence-electron chi connectivity index (χ0n) is 14.6. The molecule has 1 saturated heterocycles. The van der Waals surface area contributed by atoms with Gasteiger partial charge in [-0.1, -0.05) is 16.8 Å². The Labute approximate surface area is 159 Å². The number of aldehydes is 1. The van der Waals surface area contributed by atoms with Crippen LogP contribution >= 0.6 is 11.6 Å². The van der Waals surface area contributed by atoms with Gasteiger partial charge in [-0.15, -0.1) is 0 Å². The van der Waals surface area contributed by atoms with Gasteiger partial charge in [0.2, 0.25) is 5.58 Å². The lowest BCUT2D eigenvalue weighted by Gasteiger charge is -2.37. The van der Waals surface area contributed by atoms with E-state index in [1.807, 2.05) is 13.8 Å². The average molecular weight is 391 g/mol. The van der Waals surface area contributed by atoms with Crippen LogP contribution in [0.15, 0.2) is 23.0 Å². The van der Waals surface area contributed by atoms with Crippen molar-refractivity contribution in [3.05, 3.63) is 35.0 Å². The molecule has 0 bridgehead atoms. The largest absolute Gasteiger partial charge is 0.372 e. The van der Waals surface area contributed by atoms with E-state index in [0.29, 0.717) is 30.5 Å². The van der Waals surface area contributed by atoms with Crippen LogP contribution in [-0.2, 0) is 4.74 Å². The average Bonchev–Trinajstić information content (AvgIpc) is 3.05. The number of hydrogen-bond acceptors (Lipinski definition) is 7. The molecule has 7 nitrogen and oxygen atoms in total. The highest BCUT2D eigenvalue weighted by Crippen LogP contribution is 2.36. The Balaban J connectivity index is 1.88. The monoisotopic (exact) mass is 390 g/mol. The van der Waals surface area contributed by atoms with Gasteiger partial charge in [0.25, 0.3) is 0 Å². The van der Waals surface area contributed by atoms with Gasteiger partial charge in [-0.3, -0.25) is 9.78 Å². The minimum Gasteiger partial charge on any atom is -0.372 e. The van der Waals surface area contributed by atoms with Gasteiger partial charge in [0.15, 0.2) is 12.1 Å². The third kappa shape index (κ3) is 3.15. The van der Waals surface area contributed by atoms with Gasteiger partial charge in [-0.25, -0.2) is 9.37 Å². The number of carbonyl (C=O) groups excluding carboxylic acids is 1. The first-order valence-electron chi connectivity index (χ1n) is 8.43. The van der Waals surface area contributed by atoms with E-state index in [1.54, 1.807) is 11.0 Å². The second kappa shape index (κ2) is 6.86. The summed E-state index contributed by atoms with van der Waals surface area (Å²) >= 11 is 5.88. The lowest BCUT2D eigenvalue weighted by molar-refractivity contribution is -0.00543. The van der Waals surface area contributed by atoms with Crippen LogP contribution in [-0.4, -0.2) is 46.7 Å². The summed E-state index contributed by atoms with van der Waals surface area (Å²) in [5.74, 6) is -0.635. The molecule has 9 heteroatoms. The Morgan fingerprint density at radius 1 is 1.30 bits per heavy atom. The SMILES string of the molecule is CC1CN(c2c(C=O)cc3c(-c4cncc(Cl)n4)noc3c2F)CC(C)O1. The van der Waals surface area contributed by atoms with Gasteiger partial charge in [0, 0.05) is 18.7 Å². The van der Waals surface area contributed by atoms with Crippen molar-refractivity contribution in [3.63, 3.8) is 0 Å². The molecule has 2 atom stereocenters. The van der Waals surface area contributed by atoms with E-state index >= 15 is 4.39 Å². The summed E-state index contributed by atoms with van der Waals surface area (Å²) in [6.07, 6.45) is 3.28. The fourth-order valence-electron chi connectivity index (χ4n) is 3.46. The first-order valence-corrected chi connectivity index (χ1v) is 8.81. The van der Waals surface area contributed by atoms with Crippen LogP contribution in [0.25, 0.3) is 22.4 Å². The van der Waals surface area contributed by atoms with Crippen LogP contribution in [0, 0.1) is 5.82 Å². The topological polar surface area (TPSA) is 81.4 Å². The number of aromatic nitrogens is 3. The smallest absolute Gasteiger partial charge is 0.205 e. The summed E-state index contributed by atoms with van der Waals surface area (Å²) in [4.78, 5) is 21.6. The van der Waals surface area contributed by atoms with Gasteiger partial charge < -0.3 is 14.2 Å². The molecule has 2 unspecified atom stereocenters. The highest BCUT2D eigenvalue weighted by Gasteiger charge is 2.29. The Hall–Kier alpha value is -2.58. The number of rotatable bonds is 3. The maximum Gasteiger partial charge on any atom is 0.205 e. The van der Waals surface area contributed by atoms with Crippen LogP contribution in [0.3, 0.4) is 0 Å². The lowest BCUT2D eigenvalue weighted by Crippen LogP contribution is -2.46. The van der Waals surface area contributed by atoms with E-state index in [4.69, 9.17) is 20.9 Å². The summed E-state index contributed by atoms with van der Waals surface area (Å²) in [7, 11) is 0. The predicted molar refractivity (Wildman–Crippen MR) is 97.6 cm³/mol. The molecule has 27 heavy (non-hydrogen) atoms. The highest BCUT2D eigenvalue weighted by molar-refractivity contribution is 6.29. The molecule has 3 heterocycles. The molecular weight excluding hydrogens is 375 g/mol. The number of fused-ring (bicyclic) bond motifs is 1. The molecule has 0 saturated carbocycles. The van der Waals surface area contributed by atoms with Crippen LogP contribution in [0.1, 0.15) is 24.2 Å². The molecule has 0 amide bonds. The normalized spacial score (nSPS) is 20.2. The summed E-state index contributed by atoms with van der Waals surface area (Å²) in [5.41, 5.74) is 0.968. The number of morpholine rings is 1. The minimum absolute atomic E-state index is 0.0424. The second-order valence-electron chi connectivity index (χ2n) is 6.54. The highest BCUT2D eigenvalue weighted by atomic mass is 35.5. The fraction of sp³-hybridized carbons (Fsp3) is 0.333. The van der Waals surface area contributed by atoms with Crippen molar-refractivity contribution in [2.45, 2.75) is 26.1 Å². The van der Waals surface area contributed by atoms with Crippen LogP contribution in [0.2, 0.25) is 5.15 Å². The minimum atomic E-state index is -0.635.